The van der Waals surface area contributed by atoms with E-state index in [0.717, 1.165) is 10.3 Å². The van der Waals surface area contributed by atoms with E-state index in [2.05, 4.69) is 17.0 Å². The van der Waals surface area contributed by atoms with E-state index in [0.29, 0.717) is 12.2 Å². The lowest BCUT2D eigenvalue weighted by Crippen LogP contribution is -2.40. The molecule has 2 heterocycles. The summed E-state index contributed by atoms with van der Waals surface area (Å²) in [6.07, 6.45) is 4.11. The molecule has 0 saturated carbocycles. The maximum absolute atomic E-state index is 13.5. The minimum Gasteiger partial charge on any atom is -0.508 e. The summed E-state index contributed by atoms with van der Waals surface area (Å²) >= 11 is 0. The average Bonchev–Trinajstić information content (AvgIpc) is 2.91. The van der Waals surface area contributed by atoms with E-state index in [4.69, 9.17) is 4.74 Å². The zero-order valence-corrected chi connectivity index (χ0v) is 15.5. The lowest BCUT2D eigenvalue weighted by molar-refractivity contribution is -0.173. The summed E-state index contributed by atoms with van der Waals surface area (Å²) in [6, 6.07) is -2.33. The van der Waals surface area contributed by atoms with Gasteiger partial charge in [-0.25, -0.2) is 4.68 Å². The molecular weight excluding hydrogens is 359 g/mol. The van der Waals surface area contributed by atoms with E-state index in [9.17, 15) is 18.3 Å². The van der Waals surface area contributed by atoms with E-state index < -0.39 is 18.3 Å². The molecule has 0 amide bonds. The second kappa shape index (κ2) is 8.37. The van der Waals surface area contributed by atoms with E-state index in [1.807, 2.05) is 19.9 Å². The molecule has 1 aromatic rings. The molecule has 1 aliphatic carbocycles. The summed E-state index contributed by atoms with van der Waals surface area (Å²) in [5, 5.41) is 16.5. The van der Waals surface area contributed by atoms with Crippen LogP contribution in [0.1, 0.15) is 38.3 Å². The molecule has 0 fully saturated rings. The van der Waals surface area contributed by atoms with Gasteiger partial charge in [0.1, 0.15) is 17.3 Å². The topological polar surface area (TPSA) is 59.3 Å². The highest BCUT2D eigenvalue weighted by Gasteiger charge is 2.47. The summed E-state index contributed by atoms with van der Waals surface area (Å²) in [7, 11) is 1.54. The molecule has 2 N–H and O–H groups in total. The molecule has 0 spiro atoms. The first kappa shape index (κ1) is 20.7. The van der Waals surface area contributed by atoms with Crippen molar-refractivity contribution in [2.45, 2.75) is 44.9 Å². The van der Waals surface area contributed by atoms with Crippen molar-refractivity contribution < 1.29 is 23.0 Å². The Morgan fingerprint density at radius 1 is 1.41 bits per heavy atom. The summed E-state index contributed by atoms with van der Waals surface area (Å²) in [4.78, 5) is 0. The largest absolute Gasteiger partial charge is 0.508 e. The van der Waals surface area contributed by atoms with Gasteiger partial charge < -0.3 is 15.2 Å². The Balaban J connectivity index is 0.00000126. The van der Waals surface area contributed by atoms with Crippen molar-refractivity contribution in [3.63, 3.8) is 0 Å². The second-order valence-electron chi connectivity index (χ2n) is 5.90. The molecule has 1 aliphatic heterocycles. The molecule has 2 aliphatic rings. The summed E-state index contributed by atoms with van der Waals surface area (Å²) in [5.74, 6) is 0.451. The molecule has 3 rings (SSSR count). The third kappa shape index (κ3) is 4.37. The number of hydrogen-bond acceptors (Lipinski definition) is 4. The monoisotopic (exact) mass is 383 g/mol. The van der Waals surface area contributed by atoms with Crippen molar-refractivity contribution in [3.8, 4) is 0 Å². The van der Waals surface area contributed by atoms with Gasteiger partial charge in [-0.2, -0.15) is 18.3 Å². The van der Waals surface area contributed by atoms with Gasteiger partial charge in [0.05, 0.1) is 24.9 Å². The molecule has 2 unspecified atom stereocenters. The molecule has 27 heavy (non-hydrogen) atoms. The van der Waals surface area contributed by atoms with Crippen molar-refractivity contribution in [1.82, 2.24) is 9.78 Å². The van der Waals surface area contributed by atoms with Gasteiger partial charge in [0.15, 0.2) is 6.04 Å². The SMILES string of the molecule is C=C(O)c1cnn2c1NC(C1=CC=CC(OC)=CC1)CC2C(F)(F)F.CC. The number of rotatable bonds is 3. The Bertz CT molecular complexity index is 776. The van der Waals surface area contributed by atoms with Gasteiger partial charge in [-0.1, -0.05) is 32.6 Å². The number of alkyl halides is 3. The molecular formula is C19H24F3N3O2. The number of ether oxygens (including phenoxy) is 1. The Hall–Kier alpha value is -2.64. The molecule has 8 heteroatoms. The predicted molar refractivity (Wildman–Crippen MR) is 99.3 cm³/mol. The normalized spacial score (nSPS) is 21.6. The molecule has 148 valence electrons. The number of aliphatic hydroxyl groups excluding tert-OH is 1. The van der Waals surface area contributed by atoms with Crippen LogP contribution in [-0.4, -0.2) is 34.2 Å². The molecule has 0 bridgehead atoms. The molecule has 0 saturated heterocycles. The molecule has 5 nitrogen and oxygen atoms in total. The zero-order chi connectivity index (χ0) is 20.2. The van der Waals surface area contributed by atoms with Crippen LogP contribution in [0.15, 0.2) is 48.4 Å². The van der Waals surface area contributed by atoms with Gasteiger partial charge in [-0.05, 0) is 24.1 Å². The Labute approximate surface area is 156 Å². The highest BCUT2D eigenvalue weighted by atomic mass is 19.4. The molecule has 0 aromatic carbocycles. The number of aromatic nitrogens is 2. The fraction of sp³-hybridized carbons (Fsp3) is 0.421. The first-order valence-electron chi connectivity index (χ1n) is 8.71. The van der Waals surface area contributed by atoms with Crippen molar-refractivity contribution in [3.05, 3.63) is 54.0 Å². The Kier molecular flexibility index (Phi) is 6.41. The lowest BCUT2D eigenvalue weighted by Gasteiger charge is -2.34. The van der Waals surface area contributed by atoms with E-state index in [-0.39, 0.29) is 23.6 Å². The number of nitrogens with one attached hydrogen (secondary N) is 1. The van der Waals surface area contributed by atoms with Crippen LogP contribution in [-0.2, 0) is 4.74 Å². The van der Waals surface area contributed by atoms with Crippen LogP contribution in [0.4, 0.5) is 19.0 Å². The maximum Gasteiger partial charge on any atom is 0.410 e. The van der Waals surface area contributed by atoms with Crippen molar-refractivity contribution >= 4 is 11.6 Å². The fourth-order valence-corrected chi connectivity index (χ4v) is 3.05. The van der Waals surface area contributed by atoms with Crippen molar-refractivity contribution in [2.75, 3.05) is 12.4 Å². The number of allylic oxidation sites excluding steroid dienone is 4. The highest BCUT2D eigenvalue weighted by molar-refractivity contribution is 5.69. The first-order chi connectivity index (χ1) is 12.8. The van der Waals surface area contributed by atoms with Gasteiger partial charge in [-0.3, -0.25) is 0 Å². The van der Waals surface area contributed by atoms with Crippen LogP contribution in [0.3, 0.4) is 0 Å². The summed E-state index contributed by atoms with van der Waals surface area (Å²) < 4.78 is 46.6. The van der Waals surface area contributed by atoms with Gasteiger partial charge >= 0.3 is 6.18 Å². The average molecular weight is 383 g/mol. The Morgan fingerprint density at radius 2 is 2.11 bits per heavy atom. The van der Waals surface area contributed by atoms with E-state index in [1.54, 1.807) is 18.2 Å². The number of halogens is 3. The Morgan fingerprint density at radius 3 is 2.70 bits per heavy atom. The lowest BCUT2D eigenvalue weighted by atomic mass is 9.94. The van der Waals surface area contributed by atoms with Crippen molar-refractivity contribution in [1.29, 1.82) is 0 Å². The quantitative estimate of drug-likeness (QED) is 0.710. The predicted octanol–water partition coefficient (Wildman–Crippen LogP) is 5.14. The van der Waals surface area contributed by atoms with E-state index in [1.165, 1.54) is 13.3 Å². The van der Waals surface area contributed by atoms with Crippen LogP contribution < -0.4 is 5.32 Å². The number of methoxy groups -OCH3 is 1. The molecule has 1 aromatic heterocycles. The highest BCUT2D eigenvalue weighted by Crippen LogP contribution is 2.42. The van der Waals surface area contributed by atoms with Crippen LogP contribution >= 0.6 is 0 Å². The van der Waals surface area contributed by atoms with Crippen LogP contribution in [0.2, 0.25) is 0 Å². The van der Waals surface area contributed by atoms with Crippen LogP contribution in [0, 0.1) is 0 Å². The van der Waals surface area contributed by atoms with Gasteiger partial charge in [-0.15, -0.1) is 0 Å². The minimum absolute atomic E-state index is 0.121. The zero-order valence-electron chi connectivity index (χ0n) is 15.5. The van der Waals surface area contributed by atoms with Crippen LogP contribution in [0.25, 0.3) is 5.76 Å². The fourth-order valence-electron chi connectivity index (χ4n) is 3.05. The third-order valence-electron chi connectivity index (χ3n) is 4.34. The van der Waals surface area contributed by atoms with Gasteiger partial charge in [0, 0.05) is 6.42 Å². The van der Waals surface area contributed by atoms with Crippen molar-refractivity contribution in [2.24, 2.45) is 0 Å². The first-order valence-corrected chi connectivity index (χ1v) is 8.71. The molecule has 2 atom stereocenters. The third-order valence-corrected chi connectivity index (χ3v) is 4.34. The number of hydrogen-bond donors (Lipinski definition) is 2. The summed E-state index contributed by atoms with van der Waals surface area (Å²) in [6.45, 7) is 7.40. The number of fused-ring (bicyclic) bond motifs is 1. The number of anilines is 1. The minimum atomic E-state index is -4.45. The maximum atomic E-state index is 13.5. The molecule has 0 radical (unpaired) electrons. The number of aliphatic hydroxyl groups is 1. The summed E-state index contributed by atoms with van der Waals surface area (Å²) in [5.41, 5.74) is 0.955. The van der Waals surface area contributed by atoms with Crippen LogP contribution in [0.5, 0.6) is 0 Å². The van der Waals surface area contributed by atoms with Gasteiger partial charge in [0.25, 0.3) is 0 Å². The smallest absolute Gasteiger partial charge is 0.410 e. The van der Waals surface area contributed by atoms with Gasteiger partial charge in [0.2, 0.25) is 0 Å². The number of nitrogens with zero attached hydrogens (tertiary/aromatic N) is 2. The van der Waals surface area contributed by atoms with E-state index >= 15 is 0 Å². The second-order valence-corrected chi connectivity index (χ2v) is 5.90. The standard InChI is InChI=1S/C17H18F3N3O2.C2H6/c1-10(24)13-9-21-23-15(17(18,19)20)8-14(22-16(13)23)11-4-3-5-12(25-2)7-6-11;1-2/h3-5,7,9,14-15,22,24H,1,6,8H2,2H3;1-2H3.